The van der Waals surface area contributed by atoms with Crippen LogP contribution in [0.15, 0.2) is 0 Å². The number of carboxylic acid groups (broad SMARTS) is 1. The van der Waals surface area contributed by atoms with E-state index >= 15 is 0 Å². The summed E-state index contributed by atoms with van der Waals surface area (Å²) in [6.45, 7) is 1.85. The molecule has 0 atom stereocenters. The molecule has 0 amide bonds. The van der Waals surface area contributed by atoms with Crippen LogP contribution in [0.3, 0.4) is 0 Å². The molecule has 4 nitrogen and oxygen atoms in total. The number of carbonyl (C=O) groups excluding carboxylic acids is 1. The van der Waals surface area contributed by atoms with Crippen LogP contribution < -0.4 is 0 Å². The van der Waals surface area contributed by atoms with Gasteiger partial charge in [-0.2, -0.15) is 0 Å². The molecule has 0 aromatic heterocycles. The van der Waals surface area contributed by atoms with Crippen LogP contribution in [0.1, 0.15) is 19.8 Å². The molecule has 0 bridgehead atoms. The Hall–Kier alpha value is -0.900. The molecular formula is C7H12O4. The lowest BCUT2D eigenvalue weighted by Crippen LogP contribution is -2.06. The standard InChI is InChI=1S/C7H12O4/c1-6(8)5-11-4-2-3-7(9)10/h2-5H2,1H3,(H,9,10). The zero-order valence-electron chi connectivity index (χ0n) is 6.50. The minimum atomic E-state index is -0.837. The Labute approximate surface area is 65.2 Å². The second-order valence-electron chi connectivity index (χ2n) is 2.25. The fourth-order valence-electron chi connectivity index (χ4n) is 0.541. The van der Waals surface area contributed by atoms with Gasteiger partial charge in [0.05, 0.1) is 0 Å². The van der Waals surface area contributed by atoms with Crippen molar-refractivity contribution in [1.82, 2.24) is 0 Å². The second-order valence-corrected chi connectivity index (χ2v) is 2.25. The summed E-state index contributed by atoms with van der Waals surface area (Å²) >= 11 is 0. The van der Waals surface area contributed by atoms with Crippen molar-refractivity contribution in [3.05, 3.63) is 0 Å². The number of ether oxygens (including phenoxy) is 1. The average Bonchev–Trinajstić information content (AvgIpc) is 1.85. The highest BCUT2D eigenvalue weighted by molar-refractivity contribution is 5.76. The van der Waals surface area contributed by atoms with E-state index in [4.69, 9.17) is 9.84 Å². The fourth-order valence-corrected chi connectivity index (χ4v) is 0.541. The van der Waals surface area contributed by atoms with Gasteiger partial charge in [0.2, 0.25) is 0 Å². The van der Waals surface area contributed by atoms with Gasteiger partial charge < -0.3 is 9.84 Å². The zero-order valence-corrected chi connectivity index (χ0v) is 6.50. The normalized spacial score (nSPS) is 9.55. The van der Waals surface area contributed by atoms with E-state index < -0.39 is 5.97 Å². The van der Waals surface area contributed by atoms with Crippen molar-refractivity contribution in [2.45, 2.75) is 19.8 Å². The first-order valence-electron chi connectivity index (χ1n) is 3.42. The van der Waals surface area contributed by atoms with Gasteiger partial charge in [0.15, 0.2) is 5.78 Å². The van der Waals surface area contributed by atoms with Crippen molar-refractivity contribution in [2.24, 2.45) is 0 Å². The van der Waals surface area contributed by atoms with E-state index in [1.807, 2.05) is 0 Å². The SMILES string of the molecule is CC(=O)COCCCC(=O)O. The monoisotopic (exact) mass is 160 g/mol. The first kappa shape index (κ1) is 10.1. The van der Waals surface area contributed by atoms with Crippen LogP contribution in [-0.2, 0) is 14.3 Å². The van der Waals surface area contributed by atoms with Crippen LogP contribution >= 0.6 is 0 Å². The highest BCUT2D eigenvalue weighted by Gasteiger charge is 1.96. The molecule has 4 heteroatoms. The van der Waals surface area contributed by atoms with Crippen molar-refractivity contribution in [1.29, 1.82) is 0 Å². The minimum absolute atomic E-state index is 0.0414. The van der Waals surface area contributed by atoms with Crippen molar-refractivity contribution >= 4 is 11.8 Å². The van der Waals surface area contributed by atoms with E-state index in [2.05, 4.69) is 0 Å². The molecule has 0 radical (unpaired) electrons. The lowest BCUT2D eigenvalue weighted by molar-refractivity contribution is -0.137. The van der Waals surface area contributed by atoms with E-state index in [1.165, 1.54) is 6.92 Å². The molecule has 1 N–H and O–H groups in total. The van der Waals surface area contributed by atoms with Gasteiger partial charge in [-0.25, -0.2) is 0 Å². The van der Waals surface area contributed by atoms with Gasteiger partial charge in [-0.15, -0.1) is 0 Å². The molecule has 0 aromatic carbocycles. The Kier molecular flexibility index (Phi) is 5.37. The van der Waals surface area contributed by atoms with E-state index in [1.54, 1.807) is 0 Å². The maximum absolute atomic E-state index is 10.3. The Morgan fingerprint density at radius 1 is 1.45 bits per heavy atom. The summed E-state index contributed by atoms with van der Waals surface area (Å²) in [5.74, 6) is -0.878. The first-order valence-corrected chi connectivity index (χ1v) is 3.42. The van der Waals surface area contributed by atoms with E-state index in [9.17, 15) is 9.59 Å². The highest BCUT2D eigenvalue weighted by Crippen LogP contribution is 1.89. The van der Waals surface area contributed by atoms with Crippen molar-refractivity contribution < 1.29 is 19.4 Å². The highest BCUT2D eigenvalue weighted by atomic mass is 16.5. The van der Waals surface area contributed by atoms with Gasteiger partial charge in [-0.1, -0.05) is 0 Å². The number of ketones is 1. The fraction of sp³-hybridized carbons (Fsp3) is 0.714. The molecule has 0 fully saturated rings. The van der Waals surface area contributed by atoms with Crippen LogP contribution in [0.4, 0.5) is 0 Å². The van der Waals surface area contributed by atoms with Gasteiger partial charge in [0.25, 0.3) is 0 Å². The van der Waals surface area contributed by atoms with E-state index in [0.717, 1.165) is 0 Å². The molecule has 0 aliphatic heterocycles. The maximum Gasteiger partial charge on any atom is 0.303 e. The summed E-state index contributed by atoms with van der Waals surface area (Å²) in [6, 6.07) is 0. The maximum atomic E-state index is 10.3. The quantitative estimate of drug-likeness (QED) is 0.573. The van der Waals surface area contributed by atoms with Crippen LogP contribution in [0, 0.1) is 0 Å². The number of carboxylic acids is 1. The lowest BCUT2D eigenvalue weighted by Gasteiger charge is -1.98. The molecule has 0 aliphatic rings. The Morgan fingerprint density at radius 3 is 2.55 bits per heavy atom. The summed E-state index contributed by atoms with van der Waals surface area (Å²) in [5.41, 5.74) is 0. The molecule has 0 heterocycles. The Balaban J connectivity index is 3.03. The third-order valence-corrected chi connectivity index (χ3v) is 0.985. The zero-order chi connectivity index (χ0) is 8.69. The third-order valence-electron chi connectivity index (χ3n) is 0.985. The predicted octanol–water partition coefficient (Wildman–Crippen LogP) is 0.457. The number of hydrogen-bond acceptors (Lipinski definition) is 3. The average molecular weight is 160 g/mol. The van der Waals surface area contributed by atoms with E-state index in [0.29, 0.717) is 13.0 Å². The van der Waals surface area contributed by atoms with Crippen LogP contribution in [0.5, 0.6) is 0 Å². The summed E-state index contributed by atoms with van der Waals surface area (Å²) in [7, 11) is 0. The summed E-state index contributed by atoms with van der Waals surface area (Å²) in [4.78, 5) is 20.3. The molecule has 0 saturated heterocycles. The van der Waals surface area contributed by atoms with Gasteiger partial charge in [0.1, 0.15) is 6.61 Å². The summed E-state index contributed by atoms with van der Waals surface area (Å²) in [5, 5.41) is 8.20. The molecule has 0 spiro atoms. The smallest absolute Gasteiger partial charge is 0.303 e. The molecule has 0 rings (SSSR count). The van der Waals surface area contributed by atoms with Crippen molar-refractivity contribution in [3.8, 4) is 0 Å². The van der Waals surface area contributed by atoms with Gasteiger partial charge in [-0.3, -0.25) is 9.59 Å². The van der Waals surface area contributed by atoms with Crippen molar-refractivity contribution in [2.75, 3.05) is 13.2 Å². The molecular weight excluding hydrogens is 148 g/mol. The molecule has 0 unspecified atom stereocenters. The topological polar surface area (TPSA) is 63.6 Å². The minimum Gasteiger partial charge on any atom is -0.481 e. The van der Waals surface area contributed by atoms with Crippen LogP contribution in [-0.4, -0.2) is 30.1 Å². The van der Waals surface area contributed by atoms with Gasteiger partial charge in [-0.05, 0) is 13.3 Å². The molecule has 64 valence electrons. The number of aliphatic carboxylic acids is 1. The number of carbonyl (C=O) groups is 2. The Morgan fingerprint density at radius 2 is 2.09 bits per heavy atom. The largest absolute Gasteiger partial charge is 0.481 e. The van der Waals surface area contributed by atoms with Gasteiger partial charge >= 0.3 is 5.97 Å². The van der Waals surface area contributed by atoms with Crippen LogP contribution in [0.2, 0.25) is 0 Å². The predicted molar refractivity (Wildman–Crippen MR) is 38.4 cm³/mol. The van der Waals surface area contributed by atoms with Crippen molar-refractivity contribution in [3.63, 3.8) is 0 Å². The summed E-state index contributed by atoms with van der Waals surface area (Å²) < 4.78 is 4.83. The third kappa shape index (κ3) is 9.10. The molecule has 0 aromatic rings. The van der Waals surface area contributed by atoms with E-state index in [-0.39, 0.29) is 18.8 Å². The number of Topliss-reactive ketones (excluding diaryl/α,β-unsaturated/α-hetero) is 1. The number of hydrogen-bond donors (Lipinski definition) is 1. The van der Waals surface area contributed by atoms with Gasteiger partial charge in [0, 0.05) is 13.0 Å². The molecule has 0 saturated carbocycles. The first-order chi connectivity index (χ1) is 5.13. The summed E-state index contributed by atoms with van der Waals surface area (Å²) in [6.07, 6.45) is 0.556. The molecule has 11 heavy (non-hydrogen) atoms. The second kappa shape index (κ2) is 5.85. The Bertz CT molecular complexity index is 125. The van der Waals surface area contributed by atoms with Crippen LogP contribution in [0.25, 0.3) is 0 Å². The lowest BCUT2D eigenvalue weighted by atomic mass is 10.3. The molecule has 0 aliphatic carbocycles. The number of rotatable bonds is 6.